The summed E-state index contributed by atoms with van der Waals surface area (Å²) in [6.45, 7) is 2.01. The van der Waals surface area contributed by atoms with Crippen molar-refractivity contribution in [2.75, 3.05) is 0 Å². The molecule has 1 saturated carbocycles. The van der Waals surface area contributed by atoms with E-state index in [0.717, 1.165) is 16.9 Å². The molecule has 1 aliphatic rings. The summed E-state index contributed by atoms with van der Waals surface area (Å²) in [7, 11) is 0. The van der Waals surface area contributed by atoms with Crippen LogP contribution in [0.25, 0.3) is 5.69 Å². The summed E-state index contributed by atoms with van der Waals surface area (Å²) >= 11 is 0. The van der Waals surface area contributed by atoms with E-state index in [-0.39, 0.29) is 5.56 Å². The maximum Gasteiger partial charge on any atom is 0.271 e. The van der Waals surface area contributed by atoms with E-state index in [9.17, 15) is 4.79 Å². The van der Waals surface area contributed by atoms with Crippen LogP contribution in [-0.2, 0) is 0 Å². The highest BCUT2D eigenvalue weighted by Crippen LogP contribution is 2.38. The molecule has 3 heteroatoms. The zero-order chi connectivity index (χ0) is 11.1. The van der Waals surface area contributed by atoms with Gasteiger partial charge in [0, 0.05) is 17.7 Å². The van der Waals surface area contributed by atoms with Gasteiger partial charge >= 0.3 is 0 Å². The Morgan fingerprint density at radius 2 is 2.06 bits per heavy atom. The van der Waals surface area contributed by atoms with Gasteiger partial charge < -0.3 is 0 Å². The van der Waals surface area contributed by atoms with Crippen molar-refractivity contribution in [3.05, 3.63) is 51.9 Å². The molecule has 1 heterocycles. The third-order valence-corrected chi connectivity index (χ3v) is 3.11. The van der Waals surface area contributed by atoms with Gasteiger partial charge in [-0.05, 0) is 31.4 Å². The molecule has 0 saturated heterocycles. The molecule has 16 heavy (non-hydrogen) atoms. The first-order valence-electron chi connectivity index (χ1n) is 5.63. The lowest BCUT2D eigenvalue weighted by atomic mass is 10.2. The molecule has 0 aliphatic heterocycles. The minimum atomic E-state index is 0.0381. The third kappa shape index (κ3) is 1.48. The summed E-state index contributed by atoms with van der Waals surface area (Å²) in [6, 6.07) is 9.63. The fourth-order valence-electron chi connectivity index (χ4n) is 2.01. The highest BCUT2D eigenvalue weighted by atomic mass is 16.1. The molecular weight excluding hydrogens is 200 g/mol. The predicted molar refractivity (Wildman–Crippen MR) is 63.1 cm³/mol. The topological polar surface area (TPSA) is 37.8 Å². The van der Waals surface area contributed by atoms with E-state index in [1.165, 1.54) is 12.8 Å². The number of rotatable bonds is 2. The molecule has 1 aliphatic carbocycles. The van der Waals surface area contributed by atoms with E-state index in [1.807, 2.05) is 31.2 Å². The van der Waals surface area contributed by atoms with Crippen LogP contribution in [0.2, 0.25) is 0 Å². The second kappa shape index (κ2) is 3.37. The fourth-order valence-corrected chi connectivity index (χ4v) is 2.01. The van der Waals surface area contributed by atoms with Crippen LogP contribution in [0, 0.1) is 6.92 Å². The Labute approximate surface area is 93.7 Å². The van der Waals surface area contributed by atoms with E-state index >= 15 is 0 Å². The quantitative estimate of drug-likeness (QED) is 0.818. The predicted octanol–water partition coefficient (Wildman–Crippen LogP) is 2.35. The molecule has 1 aromatic heterocycles. The van der Waals surface area contributed by atoms with Gasteiger partial charge in [0.2, 0.25) is 0 Å². The minimum absolute atomic E-state index is 0.0381. The summed E-state index contributed by atoms with van der Waals surface area (Å²) in [4.78, 5) is 11.9. The SMILES string of the molecule is Cc1ccccc1-n1[nH]c(C2CC2)cc1=O. The maximum atomic E-state index is 11.9. The van der Waals surface area contributed by atoms with Crippen molar-refractivity contribution in [2.24, 2.45) is 0 Å². The monoisotopic (exact) mass is 214 g/mol. The second-order valence-electron chi connectivity index (χ2n) is 4.45. The molecule has 0 atom stereocenters. The average Bonchev–Trinajstić information content (AvgIpc) is 3.04. The fraction of sp³-hybridized carbons (Fsp3) is 0.308. The lowest BCUT2D eigenvalue weighted by Gasteiger charge is -2.05. The number of H-pyrrole nitrogens is 1. The first kappa shape index (κ1) is 9.46. The van der Waals surface area contributed by atoms with E-state index in [4.69, 9.17) is 0 Å². The third-order valence-electron chi connectivity index (χ3n) is 3.11. The number of hydrogen-bond donors (Lipinski definition) is 1. The van der Waals surface area contributed by atoms with Gasteiger partial charge in [-0.25, -0.2) is 4.68 Å². The van der Waals surface area contributed by atoms with Crippen LogP contribution in [0.15, 0.2) is 35.1 Å². The van der Waals surface area contributed by atoms with Crippen LogP contribution in [0.1, 0.15) is 30.0 Å². The molecule has 1 N–H and O–H groups in total. The summed E-state index contributed by atoms with van der Waals surface area (Å²) < 4.78 is 1.64. The van der Waals surface area contributed by atoms with Gasteiger partial charge in [0.15, 0.2) is 0 Å². The van der Waals surface area contributed by atoms with E-state index in [1.54, 1.807) is 10.7 Å². The summed E-state index contributed by atoms with van der Waals surface area (Å²) in [6.07, 6.45) is 2.40. The lowest BCUT2D eigenvalue weighted by molar-refractivity contribution is 0.811. The smallest absolute Gasteiger partial charge is 0.271 e. The standard InChI is InChI=1S/C13H14N2O/c1-9-4-2-3-5-12(9)15-13(16)8-11(14-15)10-6-7-10/h2-5,8,10,14H,6-7H2,1H3. The van der Waals surface area contributed by atoms with Crippen LogP contribution in [0.5, 0.6) is 0 Å². The molecule has 2 aromatic rings. The van der Waals surface area contributed by atoms with Crippen LogP contribution in [-0.4, -0.2) is 9.78 Å². The molecule has 3 nitrogen and oxygen atoms in total. The number of hydrogen-bond acceptors (Lipinski definition) is 1. The van der Waals surface area contributed by atoms with Gasteiger partial charge in [-0.2, -0.15) is 0 Å². The zero-order valence-corrected chi connectivity index (χ0v) is 9.23. The number of aryl methyl sites for hydroxylation is 1. The van der Waals surface area contributed by atoms with Crippen LogP contribution in [0.3, 0.4) is 0 Å². The van der Waals surface area contributed by atoms with Crippen molar-refractivity contribution in [2.45, 2.75) is 25.7 Å². The Kier molecular flexibility index (Phi) is 1.99. The van der Waals surface area contributed by atoms with Crippen LogP contribution in [0.4, 0.5) is 0 Å². The highest BCUT2D eigenvalue weighted by molar-refractivity contribution is 5.39. The first-order valence-corrected chi connectivity index (χ1v) is 5.63. The zero-order valence-electron chi connectivity index (χ0n) is 9.23. The van der Waals surface area contributed by atoms with E-state index in [0.29, 0.717) is 5.92 Å². The van der Waals surface area contributed by atoms with Gasteiger partial charge in [0.1, 0.15) is 0 Å². The highest BCUT2D eigenvalue weighted by Gasteiger charge is 2.26. The molecule has 3 rings (SSSR count). The van der Waals surface area contributed by atoms with Crippen LogP contribution < -0.4 is 5.56 Å². The van der Waals surface area contributed by atoms with Crippen molar-refractivity contribution < 1.29 is 0 Å². The molecule has 0 bridgehead atoms. The first-order chi connectivity index (χ1) is 7.75. The number of aromatic nitrogens is 2. The summed E-state index contributed by atoms with van der Waals surface area (Å²) in [5.74, 6) is 0.581. The minimum Gasteiger partial charge on any atom is -0.295 e. The molecule has 0 spiro atoms. The average molecular weight is 214 g/mol. The van der Waals surface area contributed by atoms with Gasteiger partial charge in [-0.15, -0.1) is 0 Å². The van der Waals surface area contributed by atoms with Gasteiger partial charge in [-0.1, -0.05) is 18.2 Å². The number of aromatic amines is 1. The van der Waals surface area contributed by atoms with Crippen molar-refractivity contribution in [1.82, 2.24) is 9.78 Å². The van der Waals surface area contributed by atoms with Gasteiger partial charge in [0.05, 0.1) is 5.69 Å². The Balaban J connectivity index is 2.12. The van der Waals surface area contributed by atoms with Gasteiger partial charge in [-0.3, -0.25) is 9.89 Å². The Morgan fingerprint density at radius 1 is 1.31 bits per heavy atom. The Bertz CT molecular complexity index is 576. The number of benzene rings is 1. The molecule has 1 fully saturated rings. The van der Waals surface area contributed by atoms with Crippen molar-refractivity contribution in [3.8, 4) is 5.69 Å². The Morgan fingerprint density at radius 3 is 2.75 bits per heavy atom. The lowest BCUT2D eigenvalue weighted by Crippen LogP contribution is -2.14. The number of nitrogens with one attached hydrogen (secondary N) is 1. The van der Waals surface area contributed by atoms with Crippen LogP contribution >= 0.6 is 0 Å². The molecule has 0 unspecified atom stereocenters. The maximum absolute atomic E-state index is 11.9. The number of para-hydroxylation sites is 1. The van der Waals surface area contributed by atoms with Gasteiger partial charge in [0.25, 0.3) is 5.56 Å². The van der Waals surface area contributed by atoms with E-state index < -0.39 is 0 Å². The van der Waals surface area contributed by atoms with Crippen molar-refractivity contribution in [3.63, 3.8) is 0 Å². The normalized spacial score (nSPS) is 15.3. The molecule has 0 radical (unpaired) electrons. The number of nitrogens with zero attached hydrogens (tertiary/aromatic N) is 1. The molecule has 82 valence electrons. The molecule has 0 amide bonds. The van der Waals surface area contributed by atoms with Crippen molar-refractivity contribution >= 4 is 0 Å². The summed E-state index contributed by atoms with van der Waals surface area (Å²) in [5, 5.41) is 3.20. The Hall–Kier alpha value is -1.77. The molecular formula is C13H14N2O. The van der Waals surface area contributed by atoms with E-state index in [2.05, 4.69) is 5.10 Å². The molecule has 1 aromatic carbocycles. The van der Waals surface area contributed by atoms with Crippen molar-refractivity contribution in [1.29, 1.82) is 0 Å². The largest absolute Gasteiger partial charge is 0.295 e. The summed E-state index contributed by atoms with van der Waals surface area (Å²) in [5.41, 5.74) is 3.16. The second-order valence-corrected chi connectivity index (χ2v) is 4.45.